The van der Waals surface area contributed by atoms with E-state index in [0.717, 1.165) is 27.1 Å². The maximum atomic E-state index is 13.2. The van der Waals surface area contributed by atoms with Crippen molar-refractivity contribution in [2.45, 2.75) is 26.4 Å². The van der Waals surface area contributed by atoms with Crippen LogP contribution in [0.3, 0.4) is 0 Å². The number of carbonyl (C=O) groups is 1. The van der Waals surface area contributed by atoms with E-state index in [1.807, 2.05) is 53.4 Å². The van der Waals surface area contributed by atoms with E-state index in [9.17, 15) is 9.18 Å². The Hall–Kier alpha value is -3.59. The molecular formula is C22H19FN6OS. The number of benzene rings is 1. The number of aromatic nitrogens is 5. The average molecular weight is 435 g/mol. The van der Waals surface area contributed by atoms with Crippen molar-refractivity contribution in [3.05, 3.63) is 82.5 Å². The van der Waals surface area contributed by atoms with Gasteiger partial charge in [0.05, 0.1) is 23.2 Å². The van der Waals surface area contributed by atoms with Crippen LogP contribution < -0.4 is 5.32 Å². The van der Waals surface area contributed by atoms with Gasteiger partial charge >= 0.3 is 0 Å². The zero-order chi connectivity index (χ0) is 21.5. The SMILES string of the molecule is Cc1nn(Cc2ccc(F)cc2)c2sc(C(=O)NC(C)c3nnc4ccccn34)cc12. The summed E-state index contributed by atoms with van der Waals surface area (Å²) in [4.78, 5) is 14.5. The quantitative estimate of drug-likeness (QED) is 0.451. The van der Waals surface area contributed by atoms with Crippen LogP contribution in [0.2, 0.25) is 0 Å². The lowest BCUT2D eigenvalue weighted by Gasteiger charge is -2.11. The fourth-order valence-electron chi connectivity index (χ4n) is 3.58. The number of carbonyl (C=O) groups excluding carboxylic acids is 1. The topological polar surface area (TPSA) is 77.1 Å². The number of thiophene rings is 1. The molecule has 0 saturated carbocycles. The van der Waals surface area contributed by atoms with E-state index >= 15 is 0 Å². The van der Waals surface area contributed by atoms with Gasteiger partial charge in [-0.05, 0) is 49.7 Å². The molecule has 0 bridgehead atoms. The molecule has 9 heteroatoms. The molecule has 1 unspecified atom stereocenters. The van der Waals surface area contributed by atoms with Gasteiger partial charge in [0.1, 0.15) is 10.6 Å². The van der Waals surface area contributed by atoms with Gasteiger partial charge in [-0.1, -0.05) is 18.2 Å². The molecule has 7 nitrogen and oxygen atoms in total. The maximum absolute atomic E-state index is 13.2. The summed E-state index contributed by atoms with van der Waals surface area (Å²) >= 11 is 1.39. The van der Waals surface area contributed by atoms with Crippen molar-refractivity contribution in [1.29, 1.82) is 0 Å². The Balaban J connectivity index is 1.39. The lowest BCUT2D eigenvalue weighted by molar-refractivity contribution is 0.0942. The fourth-order valence-corrected chi connectivity index (χ4v) is 4.65. The van der Waals surface area contributed by atoms with E-state index in [2.05, 4.69) is 20.6 Å². The number of hydrogen-bond acceptors (Lipinski definition) is 5. The van der Waals surface area contributed by atoms with Gasteiger partial charge in [-0.15, -0.1) is 21.5 Å². The van der Waals surface area contributed by atoms with Gasteiger partial charge in [0.25, 0.3) is 5.91 Å². The Morgan fingerprint density at radius 3 is 2.81 bits per heavy atom. The second kappa shape index (κ2) is 7.59. The van der Waals surface area contributed by atoms with Crippen molar-refractivity contribution >= 4 is 33.1 Å². The van der Waals surface area contributed by atoms with Crippen LogP contribution in [0.15, 0.2) is 54.7 Å². The third-order valence-electron chi connectivity index (χ3n) is 5.15. The summed E-state index contributed by atoms with van der Waals surface area (Å²) in [5.41, 5.74) is 2.53. The highest BCUT2D eigenvalue weighted by atomic mass is 32.1. The van der Waals surface area contributed by atoms with E-state index in [1.54, 1.807) is 12.1 Å². The van der Waals surface area contributed by atoms with Crippen molar-refractivity contribution in [3.8, 4) is 0 Å². The third kappa shape index (κ3) is 3.57. The minimum Gasteiger partial charge on any atom is -0.342 e. The van der Waals surface area contributed by atoms with Gasteiger partial charge in [0, 0.05) is 11.6 Å². The summed E-state index contributed by atoms with van der Waals surface area (Å²) in [6, 6.07) is 13.6. The lowest BCUT2D eigenvalue weighted by atomic mass is 10.2. The van der Waals surface area contributed by atoms with Crippen LogP contribution in [0.1, 0.15) is 39.7 Å². The third-order valence-corrected chi connectivity index (χ3v) is 6.30. The molecule has 0 aliphatic heterocycles. The van der Waals surface area contributed by atoms with Gasteiger partial charge in [-0.3, -0.25) is 13.9 Å². The summed E-state index contributed by atoms with van der Waals surface area (Å²) in [7, 11) is 0. The molecule has 1 atom stereocenters. The Morgan fingerprint density at radius 1 is 1.19 bits per heavy atom. The number of pyridine rings is 1. The highest BCUT2D eigenvalue weighted by molar-refractivity contribution is 7.20. The van der Waals surface area contributed by atoms with Crippen LogP contribution in [0.25, 0.3) is 15.9 Å². The number of hydrogen-bond donors (Lipinski definition) is 1. The summed E-state index contributed by atoms with van der Waals surface area (Å²) in [6.07, 6.45) is 1.88. The van der Waals surface area contributed by atoms with Crippen molar-refractivity contribution in [2.24, 2.45) is 0 Å². The number of aryl methyl sites for hydroxylation is 1. The van der Waals surface area contributed by atoms with Gasteiger partial charge < -0.3 is 5.32 Å². The molecule has 5 aromatic rings. The van der Waals surface area contributed by atoms with Gasteiger partial charge in [0.15, 0.2) is 11.5 Å². The Morgan fingerprint density at radius 2 is 2.00 bits per heavy atom. The van der Waals surface area contributed by atoms with Crippen LogP contribution in [0, 0.1) is 12.7 Å². The van der Waals surface area contributed by atoms with Gasteiger partial charge in [-0.25, -0.2) is 4.39 Å². The van der Waals surface area contributed by atoms with Crippen LogP contribution in [0.5, 0.6) is 0 Å². The van der Waals surface area contributed by atoms with E-state index in [0.29, 0.717) is 17.2 Å². The van der Waals surface area contributed by atoms with E-state index in [-0.39, 0.29) is 17.8 Å². The van der Waals surface area contributed by atoms with Gasteiger partial charge in [-0.2, -0.15) is 5.10 Å². The molecule has 156 valence electrons. The Labute approximate surface area is 181 Å². The Kier molecular flexibility index (Phi) is 4.74. The highest BCUT2D eigenvalue weighted by Gasteiger charge is 2.20. The predicted octanol–water partition coefficient (Wildman–Crippen LogP) is 4.13. The molecule has 4 aromatic heterocycles. The molecule has 1 N–H and O–H groups in total. The molecule has 1 amide bonds. The molecule has 31 heavy (non-hydrogen) atoms. The number of nitrogens with one attached hydrogen (secondary N) is 1. The molecule has 1 aromatic carbocycles. The van der Waals surface area contributed by atoms with Crippen LogP contribution in [0.4, 0.5) is 4.39 Å². The smallest absolute Gasteiger partial charge is 0.262 e. The maximum Gasteiger partial charge on any atom is 0.262 e. The van der Waals surface area contributed by atoms with Crippen LogP contribution in [-0.2, 0) is 6.54 Å². The molecule has 4 heterocycles. The molecule has 5 rings (SSSR count). The first-order valence-corrected chi connectivity index (χ1v) is 10.6. The molecule has 0 saturated heterocycles. The minimum absolute atomic E-state index is 0.172. The van der Waals surface area contributed by atoms with Crippen LogP contribution in [-0.4, -0.2) is 30.3 Å². The van der Waals surface area contributed by atoms with Crippen molar-refractivity contribution in [3.63, 3.8) is 0 Å². The largest absolute Gasteiger partial charge is 0.342 e. The zero-order valence-corrected chi connectivity index (χ0v) is 17.7. The van der Waals surface area contributed by atoms with Gasteiger partial charge in [0.2, 0.25) is 0 Å². The number of fused-ring (bicyclic) bond motifs is 2. The molecule has 0 radical (unpaired) electrons. The second-order valence-electron chi connectivity index (χ2n) is 7.38. The number of amides is 1. The van der Waals surface area contributed by atoms with Crippen LogP contribution >= 0.6 is 11.3 Å². The fraction of sp³-hybridized carbons (Fsp3) is 0.182. The van der Waals surface area contributed by atoms with E-state index in [4.69, 9.17) is 0 Å². The summed E-state index contributed by atoms with van der Waals surface area (Å²) < 4.78 is 16.9. The van der Waals surface area contributed by atoms with E-state index < -0.39 is 0 Å². The number of rotatable bonds is 5. The first-order valence-electron chi connectivity index (χ1n) is 9.81. The standard InChI is InChI=1S/C22H19FN6OS/c1-13-17-11-18(31-22(17)29(27-13)12-15-6-8-16(23)9-7-15)21(30)24-14(2)20-26-25-19-5-3-4-10-28(19)20/h3-11,14H,12H2,1-2H3,(H,24,30). The lowest BCUT2D eigenvalue weighted by Crippen LogP contribution is -2.27. The summed E-state index contributed by atoms with van der Waals surface area (Å²) in [5.74, 6) is 0.230. The Bertz CT molecular complexity index is 1400. The first kappa shape index (κ1) is 19.4. The number of halogens is 1. The molecular weight excluding hydrogens is 415 g/mol. The van der Waals surface area contributed by atoms with E-state index in [1.165, 1.54) is 23.5 Å². The minimum atomic E-state index is -0.313. The molecule has 0 aliphatic rings. The van der Waals surface area contributed by atoms with Crippen molar-refractivity contribution in [2.75, 3.05) is 0 Å². The second-order valence-corrected chi connectivity index (χ2v) is 8.41. The first-order chi connectivity index (χ1) is 15.0. The van der Waals surface area contributed by atoms with Crippen molar-refractivity contribution in [1.82, 2.24) is 29.7 Å². The predicted molar refractivity (Wildman–Crippen MR) is 117 cm³/mol. The highest BCUT2D eigenvalue weighted by Crippen LogP contribution is 2.29. The zero-order valence-electron chi connectivity index (χ0n) is 16.9. The van der Waals surface area contributed by atoms with Crippen molar-refractivity contribution < 1.29 is 9.18 Å². The number of nitrogens with zero attached hydrogens (tertiary/aromatic N) is 5. The average Bonchev–Trinajstić information content (AvgIpc) is 3.45. The molecule has 0 aliphatic carbocycles. The summed E-state index contributed by atoms with van der Waals surface area (Å²) in [5, 5.41) is 16.9. The summed E-state index contributed by atoms with van der Waals surface area (Å²) in [6.45, 7) is 4.31. The molecule has 0 spiro atoms. The monoisotopic (exact) mass is 434 g/mol. The normalized spacial score (nSPS) is 12.5. The molecule has 0 fully saturated rings.